The number of anilines is 1. The third-order valence-corrected chi connectivity index (χ3v) is 2.97. The van der Waals surface area contributed by atoms with Crippen molar-refractivity contribution in [1.82, 2.24) is 0 Å². The van der Waals surface area contributed by atoms with Crippen molar-refractivity contribution < 1.29 is 9.90 Å². The molecule has 0 saturated carbocycles. The number of rotatable bonds is 6. The van der Waals surface area contributed by atoms with Crippen LogP contribution in [0.5, 0.6) is 0 Å². The summed E-state index contributed by atoms with van der Waals surface area (Å²) in [6.45, 7) is 6.68. The summed E-state index contributed by atoms with van der Waals surface area (Å²) in [6.07, 6.45) is 0.645. The summed E-state index contributed by atoms with van der Waals surface area (Å²) in [5.74, 6) is -0.537. The van der Waals surface area contributed by atoms with Gasteiger partial charge in [-0.3, -0.25) is 4.79 Å². The Bertz CT molecular complexity index is 357. The first-order valence-corrected chi connectivity index (χ1v) is 6.11. The molecule has 0 aliphatic heterocycles. The van der Waals surface area contributed by atoms with Crippen molar-refractivity contribution >= 4 is 11.7 Å². The van der Waals surface area contributed by atoms with E-state index in [1.807, 2.05) is 19.1 Å². The van der Waals surface area contributed by atoms with Gasteiger partial charge in [0.15, 0.2) is 0 Å². The Hall–Kier alpha value is -1.51. The molecule has 0 fully saturated rings. The molecule has 0 aromatic heterocycles. The minimum Gasteiger partial charge on any atom is -0.481 e. The standard InChI is InChI=1S/C14H21NO2/c1-4-11(14(16)17)9-15-13-7-5-12(6-8-13)10(2)3/h5-8,10-11,15H,4,9H2,1-3H3,(H,16,17). The fourth-order valence-corrected chi connectivity index (χ4v) is 1.63. The van der Waals surface area contributed by atoms with Crippen molar-refractivity contribution in [3.8, 4) is 0 Å². The van der Waals surface area contributed by atoms with Crippen LogP contribution < -0.4 is 5.32 Å². The van der Waals surface area contributed by atoms with Gasteiger partial charge in [0, 0.05) is 12.2 Å². The lowest BCUT2D eigenvalue weighted by Crippen LogP contribution is -2.22. The molecule has 0 bridgehead atoms. The number of hydrogen-bond acceptors (Lipinski definition) is 2. The van der Waals surface area contributed by atoms with E-state index < -0.39 is 5.97 Å². The third kappa shape index (κ3) is 4.10. The maximum atomic E-state index is 10.9. The quantitative estimate of drug-likeness (QED) is 0.795. The lowest BCUT2D eigenvalue weighted by molar-refractivity contribution is -0.141. The van der Waals surface area contributed by atoms with Gasteiger partial charge in [0.2, 0.25) is 0 Å². The van der Waals surface area contributed by atoms with E-state index >= 15 is 0 Å². The molecule has 17 heavy (non-hydrogen) atoms. The van der Waals surface area contributed by atoms with Crippen LogP contribution in [0.4, 0.5) is 5.69 Å². The van der Waals surface area contributed by atoms with Gasteiger partial charge in [-0.15, -0.1) is 0 Å². The third-order valence-electron chi connectivity index (χ3n) is 2.97. The molecule has 3 nitrogen and oxygen atoms in total. The highest BCUT2D eigenvalue weighted by molar-refractivity contribution is 5.70. The van der Waals surface area contributed by atoms with Crippen molar-refractivity contribution in [2.45, 2.75) is 33.1 Å². The molecule has 0 radical (unpaired) electrons. The number of carboxylic acid groups (broad SMARTS) is 1. The molecule has 0 amide bonds. The minimum absolute atomic E-state index is 0.320. The second kappa shape index (κ2) is 6.28. The molecule has 0 aliphatic rings. The maximum Gasteiger partial charge on any atom is 0.308 e. The zero-order valence-electron chi connectivity index (χ0n) is 10.7. The van der Waals surface area contributed by atoms with Gasteiger partial charge in [0.25, 0.3) is 0 Å². The van der Waals surface area contributed by atoms with E-state index in [0.717, 1.165) is 5.69 Å². The van der Waals surface area contributed by atoms with E-state index in [0.29, 0.717) is 18.9 Å². The summed E-state index contributed by atoms with van der Waals surface area (Å²) in [6, 6.07) is 8.16. The van der Waals surface area contributed by atoms with Crippen molar-refractivity contribution in [3.63, 3.8) is 0 Å². The zero-order chi connectivity index (χ0) is 12.8. The summed E-state index contributed by atoms with van der Waals surface area (Å²) in [5.41, 5.74) is 2.27. The van der Waals surface area contributed by atoms with Crippen LogP contribution >= 0.6 is 0 Å². The molecule has 0 heterocycles. The Morgan fingerprint density at radius 1 is 1.29 bits per heavy atom. The van der Waals surface area contributed by atoms with Gasteiger partial charge < -0.3 is 10.4 Å². The van der Waals surface area contributed by atoms with E-state index in [1.54, 1.807) is 0 Å². The summed E-state index contributed by atoms with van der Waals surface area (Å²) in [4.78, 5) is 10.9. The largest absolute Gasteiger partial charge is 0.481 e. The van der Waals surface area contributed by atoms with Crippen LogP contribution in [0.2, 0.25) is 0 Å². The van der Waals surface area contributed by atoms with E-state index in [2.05, 4.69) is 31.3 Å². The molecule has 0 saturated heterocycles. The zero-order valence-corrected chi connectivity index (χ0v) is 10.7. The molecule has 1 atom stereocenters. The second-order valence-electron chi connectivity index (χ2n) is 4.60. The highest BCUT2D eigenvalue weighted by Gasteiger charge is 2.14. The van der Waals surface area contributed by atoms with Gasteiger partial charge in [-0.2, -0.15) is 0 Å². The Morgan fingerprint density at radius 2 is 1.88 bits per heavy atom. The molecule has 0 aliphatic carbocycles. The molecule has 1 aromatic carbocycles. The average Bonchev–Trinajstić information content (AvgIpc) is 2.30. The Kier molecular flexibility index (Phi) is 5.01. The van der Waals surface area contributed by atoms with Crippen LogP contribution in [-0.4, -0.2) is 17.6 Å². The molecule has 2 N–H and O–H groups in total. The number of aliphatic carboxylic acids is 1. The number of carbonyl (C=O) groups is 1. The lowest BCUT2D eigenvalue weighted by Gasteiger charge is -2.13. The van der Waals surface area contributed by atoms with E-state index in [4.69, 9.17) is 5.11 Å². The monoisotopic (exact) mass is 235 g/mol. The summed E-state index contributed by atoms with van der Waals surface area (Å²) < 4.78 is 0. The van der Waals surface area contributed by atoms with Gasteiger partial charge in [0.1, 0.15) is 0 Å². The second-order valence-corrected chi connectivity index (χ2v) is 4.60. The first kappa shape index (κ1) is 13.6. The van der Waals surface area contributed by atoms with Crippen LogP contribution in [0.3, 0.4) is 0 Å². The predicted molar refractivity (Wildman–Crippen MR) is 70.4 cm³/mol. The molecule has 94 valence electrons. The summed E-state index contributed by atoms with van der Waals surface area (Å²) in [7, 11) is 0. The SMILES string of the molecule is CCC(CNc1ccc(C(C)C)cc1)C(=O)O. The van der Waals surface area contributed by atoms with Crippen LogP contribution in [0.25, 0.3) is 0 Å². The predicted octanol–water partition coefficient (Wildman–Crippen LogP) is 3.33. The normalized spacial score (nSPS) is 12.5. The van der Waals surface area contributed by atoms with Crippen molar-refractivity contribution in [1.29, 1.82) is 0 Å². The fourth-order valence-electron chi connectivity index (χ4n) is 1.63. The van der Waals surface area contributed by atoms with Gasteiger partial charge in [-0.25, -0.2) is 0 Å². The molecule has 0 spiro atoms. The number of nitrogens with one attached hydrogen (secondary N) is 1. The van der Waals surface area contributed by atoms with Crippen LogP contribution in [0.15, 0.2) is 24.3 Å². The molecule has 3 heteroatoms. The average molecular weight is 235 g/mol. The highest BCUT2D eigenvalue weighted by atomic mass is 16.4. The first-order valence-electron chi connectivity index (χ1n) is 6.11. The topological polar surface area (TPSA) is 49.3 Å². The minimum atomic E-state index is -0.737. The van der Waals surface area contributed by atoms with Gasteiger partial charge in [0.05, 0.1) is 5.92 Å². The maximum absolute atomic E-state index is 10.9. The molecule has 1 rings (SSSR count). The number of carboxylic acids is 1. The molecule has 1 aromatic rings. The van der Waals surface area contributed by atoms with Gasteiger partial charge in [-0.1, -0.05) is 32.9 Å². The summed E-state index contributed by atoms with van der Waals surface area (Å²) >= 11 is 0. The van der Waals surface area contributed by atoms with E-state index in [9.17, 15) is 4.79 Å². The smallest absolute Gasteiger partial charge is 0.308 e. The fraction of sp³-hybridized carbons (Fsp3) is 0.500. The van der Waals surface area contributed by atoms with Crippen molar-refractivity contribution in [3.05, 3.63) is 29.8 Å². The molecular formula is C14H21NO2. The van der Waals surface area contributed by atoms with Crippen LogP contribution in [0.1, 0.15) is 38.7 Å². The van der Waals surface area contributed by atoms with Crippen molar-refractivity contribution in [2.24, 2.45) is 5.92 Å². The number of benzene rings is 1. The number of hydrogen-bond donors (Lipinski definition) is 2. The molecular weight excluding hydrogens is 214 g/mol. The van der Waals surface area contributed by atoms with Crippen molar-refractivity contribution in [2.75, 3.05) is 11.9 Å². The first-order chi connectivity index (χ1) is 8.04. The van der Waals surface area contributed by atoms with E-state index in [-0.39, 0.29) is 5.92 Å². The summed E-state index contributed by atoms with van der Waals surface area (Å²) in [5, 5.41) is 12.1. The van der Waals surface area contributed by atoms with E-state index in [1.165, 1.54) is 5.56 Å². The Balaban J connectivity index is 2.55. The Morgan fingerprint density at radius 3 is 2.29 bits per heavy atom. The molecule has 1 unspecified atom stereocenters. The lowest BCUT2D eigenvalue weighted by atomic mass is 10.0. The highest BCUT2D eigenvalue weighted by Crippen LogP contribution is 2.17. The van der Waals surface area contributed by atoms with Crippen LogP contribution in [0, 0.1) is 5.92 Å². The van der Waals surface area contributed by atoms with Crippen LogP contribution in [-0.2, 0) is 4.79 Å². The van der Waals surface area contributed by atoms with Gasteiger partial charge in [-0.05, 0) is 30.0 Å². The Labute approximate surface area is 103 Å². The van der Waals surface area contributed by atoms with Gasteiger partial charge >= 0.3 is 5.97 Å².